The third-order valence-electron chi connectivity index (χ3n) is 2.01. The fourth-order valence-corrected chi connectivity index (χ4v) is 1.56. The van der Waals surface area contributed by atoms with E-state index in [9.17, 15) is 8.78 Å². The Morgan fingerprint density at radius 1 is 1.62 bits per heavy atom. The van der Waals surface area contributed by atoms with Crippen LogP contribution >= 0.6 is 11.6 Å². The molecule has 16 heavy (non-hydrogen) atoms. The van der Waals surface area contributed by atoms with Crippen molar-refractivity contribution in [2.75, 3.05) is 7.11 Å². The van der Waals surface area contributed by atoms with E-state index in [0.717, 1.165) is 6.07 Å². The smallest absolute Gasteiger partial charge is 0.280 e. The predicted octanol–water partition coefficient (Wildman–Crippen LogP) is 2.83. The highest BCUT2D eigenvalue weighted by Crippen LogP contribution is 2.28. The van der Waals surface area contributed by atoms with E-state index in [1.807, 2.05) is 6.07 Å². The van der Waals surface area contributed by atoms with E-state index in [1.54, 1.807) is 0 Å². The number of nitriles is 1. The van der Waals surface area contributed by atoms with Crippen LogP contribution in [0.25, 0.3) is 0 Å². The number of ether oxygens (including phenoxy) is 1. The molecule has 0 atom stereocenters. The van der Waals surface area contributed by atoms with E-state index in [-0.39, 0.29) is 23.7 Å². The van der Waals surface area contributed by atoms with Gasteiger partial charge in [-0.25, -0.2) is 8.78 Å². The molecule has 1 aromatic rings. The number of aromatic nitrogens is 1. The molecule has 0 N–H and O–H groups in total. The Hall–Kier alpha value is -1.41. The van der Waals surface area contributed by atoms with Gasteiger partial charge in [0.05, 0.1) is 31.2 Å². The molecule has 0 spiro atoms. The van der Waals surface area contributed by atoms with E-state index in [2.05, 4.69) is 4.98 Å². The van der Waals surface area contributed by atoms with E-state index in [0.29, 0.717) is 5.56 Å². The Morgan fingerprint density at radius 3 is 2.75 bits per heavy atom. The molecule has 0 amide bonds. The summed E-state index contributed by atoms with van der Waals surface area (Å²) in [5.74, 6) is 0.307. The van der Waals surface area contributed by atoms with Crippen LogP contribution in [0.4, 0.5) is 8.78 Å². The molecule has 0 saturated heterocycles. The summed E-state index contributed by atoms with van der Waals surface area (Å²) in [6.07, 6.45) is -2.77. The van der Waals surface area contributed by atoms with Gasteiger partial charge in [0.25, 0.3) is 6.43 Å². The van der Waals surface area contributed by atoms with Gasteiger partial charge < -0.3 is 4.74 Å². The average molecular weight is 247 g/mol. The summed E-state index contributed by atoms with van der Waals surface area (Å²) < 4.78 is 30.0. The van der Waals surface area contributed by atoms with Gasteiger partial charge >= 0.3 is 0 Å². The van der Waals surface area contributed by atoms with Gasteiger partial charge in [0.1, 0.15) is 11.4 Å². The summed E-state index contributed by atoms with van der Waals surface area (Å²) >= 11 is 5.67. The van der Waals surface area contributed by atoms with Crippen LogP contribution in [0.5, 0.6) is 5.75 Å². The van der Waals surface area contributed by atoms with E-state index < -0.39 is 12.1 Å². The molecule has 0 bridgehead atoms. The van der Waals surface area contributed by atoms with Crippen molar-refractivity contribution in [3.63, 3.8) is 0 Å². The van der Waals surface area contributed by atoms with Crippen LogP contribution in [0.3, 0.4) is 0 Å². The fraction of sp³-hybridized carbons (Fsp3) is 0.400. The first kappa shape index (κ1) is 12.7. The highest BCUT2D eigenvalue weighted by molar-refractivity contribution is 6.17. The van der Waals surface area contributed by atoms with Gasteiger partial charge in [-0.1, -0.05) is 0 Å². The molecule has 3 nitrogen and oxygen atoms in total. The molecule has 0 fully saturated rings. The molecule has 1 heterocycles. The Kier molecular flexibility index (Phi) is 4.44. The quantitative estimate of drug-likeness (QED) is 0.768. The second kappa shape index (κ2) is 5.61. The lowest BCUT2D eigenvalue weighted by atomic mass is 10.1. The highest BCUT2D eigenvalue weighted by Gasteiger charge is 2.17. The minimum atomic E-state index is -2.70. The van der Waals surface area contributed by atoms with Gasteiger partial charge in [-0.3, -0.25) is 4.98 Å². The first-order chi connectivity index (χ1) is 7.63. The van der Waals surface area contributed by atoms with Gasteiger partial charge in [0, 0.05) is 11.6 Å². The van der Waals surface area contributed by atoms with Gasteiger partial charge in [0.15, 0.2) is 0 Å². The number of nitrogens with zero attached hydrogens (tertiary/aromatic N) is 2. The summed E-state index contributed by atoms with van der Waals surface area (Å²) in [6.45, 7) is 0. The molecule has 0 aliphatic rings. The molecule has 0 aliphatic carbocycles. The van der Waals surface area contributed by atoms with Crippen molar-refractivity contribution < 1.29 is 13.5 Å². The number of hydrogen-bond donors (Lipinski definition) is 0. The maximum absolute atomic E-state index is 12.5. The standard InChI is InChI=1S/C10H9ClF2N2O/c1-16-9-4-8(10(12)13)15-7(2-3-14)6(9)5-11/h4,10H,2,5H2,1H3. The largest absolute Gasteiger partial charge is 0.496 e. The Balaban J connectivity index is 3.32. The lowest BCUT2D eigenvalue weighted by molar-refractivity contribution is 0.145. The lowest BCUT2D eigenvalue weighted by Crippen LogP contribution is -2.03. The fourth-order valence-electron chi connectivity index (χ4n) is 1.28. The average Bonchev–Trinajstić information content (AvgIpc) is 2.28. The number of pyridine rings is 1. The molecule has 1 rings (SSSR count). The normalized spacial score (nSPS) is 10.2. The number of rotatable bonds is 4. The molecular weight excluding hydrogens is 238 g/mol. The Bertz CT molecular complexity index is 418. The van der Waals surface area contributed by atoms with Crippen molar-refractivity contribution in [3.8, 4) is 11.8 Å². The van der Waals surface area contributed by atoms with Gasteiger partial charge in [-0.05, 0) is 0 Å². The molecule has 86 valence electrons. The van der Waals surface area contributed by atoms with Crippen molar-refractivity contribution in [1.29, 1.82) is 5.26 Å². The third kappa shape index (κ3) is 2.58. The van der Waals surface area contributed by atoms with Gasteiger partial charge in [-0.15, -0.1) is 11.6 Å². The topological polar surface area (TPSA) is 45.9 Å². The maximum Gasteiger partial charge on any atom is 0.280 e. The van der Waals surface area contributed by atoms with Crippen molar-refractivity contribution >= 4 is 11.6 Å². The van der Waals surface area contributed by atoms with Crippen molar-refractivity contribution in [1.82, 2.24) is 4.98 Å². The Morgan fingerprint density at radius 2 is 2.31 bits per heavy atom. The molecule has 6 heteroatoms. The molecule has 1 aromatic heterocycles. The zero-order valence-corrected chi connectivity index (χ0v) is 9.26. The minimum absolute atomic E-state index is 0.0662. The molecule has 0 aliphatic heterocycles. The van der Waals surface area contributed by atoms with Gasteiger partial charge in [0.2, 0.25) is 0 Å². The summed E-state index contributed by atoms with van der Waals surface area (Å²) in [5.41, 5.74) is 0.318. The predicted molar refractivity (Wildman–Crippen MR) is 54.6 cm³/mol. The van der Waals surface area contributed by atoms with Crippen molar-refractivity contribution in [2.45, 2.75) is 18.7 Å². The highest BCUT2D eigenvalue weighted by atomic mass is 35.5. The molecule has 0 aromatic carbocycles. The van der Waals surface area contributed by atoms with Gasteiger partial charge in [-0.2, -0.15) is 5.26 Å². The van der Waals surface area contributed by atoms with Crippen molar-refractivity contribution in [3.05, 3.63) is 23.0 Å². The monoisotopic (exact) mass is 246 g/mol. The second-order valence-electron chi connectivity index (χ2n) is 2.94. The van der Waals surface area contributed by atoms with Crippen LogP contribution in [0.1, 0.15) is 23.4 Å². The number of methoxy groups -OCH3 is 1. The van der Waals surface area contributed by atoms with E-state index in [1.165, 1.54) is 7.11 Å². The summed E-state index contributed by atoms with van der Waals surface area (Å²) in [5, 5.41) is 8.57. The van der Waals surface area contributed by atoms with E-state index >= 15 is 0 Å². The number of alkyl halides is 3. The molecule has 0 unspecified atom stereocenters. The summed E-state index contributed by atoms with van der Waals surface area (Å²) in [6, 6.07) is 3.00. The van der Waals surface area contributed by atoms with Crippen LogP contribution in [-0.2, 0) is 12.3 Å². The first-order valence-corrected chi connectivity index (χ1v) is 4.95. The second-order valence-corrected chi connectivity index (χ2v) is 3.21. The molecule has 0 radical (unpaired) electrons. The van der Waals surface area contributed by atoms with Crippen LogP contribution in [-0.4, -0.2) is 12.1 Å². The maximum atomic E-state index is 12.5. The number of hydrogen-bond acceptors (Lipinski definition) is 3. The molecule has 0 saturated carbocycles. The number of halogens is 3. The zero-order valence-electron chi connectivity index (χ0n) is 8.51. The van der Waals surface area contributed by atoms with Crippen LogP contribution in [0.2, 0.25) is 0 Å². The minimum Gasteiger partial charge on any atom is -0.496 e. The first-order valence-electron chi connectivity index (χ1n) is 4.41. The van der Waals surface area contributed by atoms with E-state index in [4.69, 9.17) is 21.6 Å². The van der Waals surface area contributed by atoms with Crippen LogP contribution < -0.4 is 4.74 Å². The van der Waals surface area contributed by atoms with Crippen LogP contribution in [0.15, 0.2) is 6.07 Å². The Labute approximate surface area is 96.6 Å². The zero-order chi connectivity index (χ0) is 12.1. The summed E-state index contributed by atoms with van der Waals surface area (Å²) in [4.78, 5) is 3.70. The SMILES string of the molecule is COc1cc(C(F)F)nc(CC#N)c1CCl. The molecular formula is C10H9ClF2N2O. The summed E-state index contributed by atoms with van der Waals surface area (Å²) in [7, 11) is 1.36. The lowest BCUT2D eigenvalue weighted by Gasteiger charge is -2.11. The third-order valence-corrected chi connectivity index (χ3v) is 2.28. The van der Waals surface area contributed by atoms with Crippen molar-refractivity contribution in [2.24, 2.45) is 0 Å². The van der Waals surface area contributed by atoms with Crippen LogP contribution in [0, 0.1) is 11.3 Å².